The Morgan fingerprint density at radius 2 is 1.87 bits per heavy atom. The Balaban J connectivity index is 1.67. The number of pyridine rings is 1. The average molecular weight is 306 g/mol. The summed E-state index contributed by atoms with van der Waals surface area (Å²) in [5.74, 6) is -0.0634. The van der Waals surface area contributed by atoms with E-state index >= 15 is 0 Å². The molecule has 2 N–H and O–H groups in total. The van der Waals surface area contributed by atoms with Crippen LogP contribution in [-0.2, 0) is 6.42 Å². The molecule has 4 nitrogen and oxygen atoms in total. The number of carbonyl (C=O) groups excluding carboxylic acids is 1. The molecule has 2 aromatic carbocycles. The second-order valence-corrected chi connectivity index (χ2v) is 5.58. The van der Waals surface area contributed by atoms with Gasteiger partial charge in [-0.1, -0.05) is 24.3 Å². The fourth-order valence-electron chi connectivity index (χ4n) is 2.53. The largest absolute Gasteiger partial charge is 0.352 e. The summed E-state index contributed by atoms with van der Waals surface area (Å²) >= 11 is 0. The molecule has 0 aliphatic carbocycles. The maximum absolute atomic E-state index is 12.0. The average Bonchev–Trinajstić information content (AvgIpc) is 2.57. The van der Waals surface area contributed by atoms with Gasteiger partial charge in [-0.2, -0.15) is 0 Å². The number of amides is 1. The Morgan fingerprint density at radius 1 is 1.09 bits per heavy atom. The van der Waals surface area contributed by atoms with Gasteiger partial charge in [0.1, 0.15) is 0 Å². The topological polar surface area (TPSA) is 62.0 Å². The lowest BCUT2D eigenvalue weighted by Gasteiger charge is -2.07. The van der Waals surface area contributed by atoms with Gasteiger partial charge in [-0.3, -0.25) is 9.59 Å². The van der Waals surface area contributed by atoms with Crippen LogP contribution in [0.2, 0.25) is 0 Å². The third kappa shape index (κ3) is 3.48. The molecule has 0 aliphatic rings. The normalized spacial score (nSPS) is 10.7. The first-order valence-electron chi connectivity index (χ1n) is 7.59. The highest BCUT2D eigenvalue weighted by Gasteiger charge is 2.04. The molecule has 0 bridgehead atoms. The minimum atomic E-state index is -0.0634. The summed E-state index contributed by atoms with van der Waals surface area (Å²) in [5.41, 5.74) is 3.27. The zero-order chi connectivity index (χ0) is 16.2. The molecular formula is C19H18N2O2. The molecule has 0 saturated carbocycles. The SMILES string of the molecule is Cc1cc2cc(CCNC(=O)c3ccccc3)ccc2[nH]c1=O. The smallest absolute Gasteiger partial charge is 0.251 e. The van der Waals surface area contributed by atoms with Crippen molar-refractivity contribution in [3.8, 4) is 0 Å². The lowest BCUT2D eigenvalue weighted by Crippen LogP contribution is -2.25. The number of aryl methyl sites for hydroxylation is 1. The van der Waals surface area contributed by atoms with E-state index in [-0.39, 0.29) is 11.5 Å². The molecule has 4 heteroatoms. The molecular weight excluding hydrogens is 288 g/mol. The Labute approximate surface area is 134 Å². The van der Waals surface area contributed by atoms with Gasteiger partial charge >= 0.3 is 0 Å². The van der Waals surface area contributed by atoms with Gasteiger partial charge in [-0.25, -0.2) is 0 Å². The van der Waals surface area contributed by atoms with E-state index in [2.05, 4.69) is 10.3 Å². The van der Waals surface area contributed by atoms with Crippen molar-refractivity contribution in [2.45, 2.75) is 13.3 Å². The first kappa shape index (κ1) is 15.0. The maximum Gasteiger partial charge on any atom is 0.251 e. The van der Waals surface area contributed by atoms with Crippen LogP contribution in [0.15, 0.2) is 59.4 Å². The third-order valence-electron chi connectivity index (χ3n) is 3.83. The van der Waals surface area contributed by atoms with Crippen molar-refractivity contribution in [2.75, 3.05) is 6.54 Å². The minimum absolute atomic E-state index is 0.0552. The summed E-state index contributed by atoms with van der Waals surface area (Å²) in [6.45, 7) is 2.37. The van der Waals surface area contributed by atoms with E-state index in [0.29, 0.717) is 17.7 Å². The zero-order valence-corrected chi connectivity index (χ0v) is 12.9. The van der Waals surface area contributed by atoms with Crippen LogP contribution in [0.3, 0.4) is 0 Å². The van der Waals surface area contributed by atoms with Gasteiger partial charge in [-0.05, 0) is 54.6 Å². The Kier molecular flexibility index (Phi) is 4.24. The fourth-order valence-corrected chi connectivity index (χ4v) is 2.53. The van der Waals surface area contributed by atoms with E-state index in [4.69, 9.17) is 0 Å². The van der Waals surface area contributed by atoms with Crippen LogP contribution in [0.25, 0.3) is 10.9 Å². The number of nitrogens with one attached hydrogen (secondary N) is 2. The Bertz CT molecular complexity index is 898. The fraction of sp³-hybridized carbons (Fsp3) is 0.158. The van der Waals surface area contributed by atoms with Gasteiger partial charge in [0, 0.05) is 23.2 Å². The van der Waals surface area contributed by atoms with Crippen molar-refractivity contribution in [1.82, 2.24) is 10.3 Å². The summed E-state index contributed by atoms with van der Waals surface area (Å²) in [4.78, 5) is 26.4. The third-order valence-corrected chi connectivity index (χ3v) is 3.83. The lowest BCUT2D eigenvalue weighted by atomic mass is 10.1. The quantitative estimate of drug-likeness (QED) is 0.778. The van der Waals surface area contributed by atoms with Crippen LogP contribution in [0, 0.1) is 6.92 Å². The molecule has 3 aromatic rings. The highest BCUT2D eigenvalue weighted by Crippen LogP contribution is 2.14. The van der Waals surface area contributed by atoms with Crippen LogP contribution >= 0.6 is 0 Å². The van der Waals surface area contributed by atoms with Crippen molar-refractivity contribution in [1.29, 1.82) is 0 Å². The first-order chi connectivity index (χ1) is 11.1. The molecule has 1 amide bonds. The van der Waals surface area contributed by atoms with Gasteiger partial charge in [0.25, 0.3) is 11.5 Å². The maximum atomic E-state index is 12.0. The molecule has 0 radical (unpaired) electrons. The lowest BCUT2D eigenvalue weighted by molar-refractivity contribution is 0.0954. The van der Waals surface area contributed by atoms with Crippen molar-refractivity contribution in [3.05, 3.63) is 81.6 Å². The van der Waals surface area contributed by atoms with Gasteiger partial charge in [0.15, 0.2) is 0 Å². The number of fused-ring (bicyclic) bond motifs is 1. The molecule has 0 spiro atoms. The summed E-state index contributed by atoms with van der Waals surface area (Å²) in [6, 6.07) is 17.0. The van der Waals surface area contributed by atoms with E-state index < -0.39 is 0 Å². The molecule has 116 valence electrons. The highest BCUT2D eigenvalue weighted by molar-refractivity contribution is 5.94. The summed E-state index contributed by atoms with van der Waals surface area (Å²) in [5, 5.41) is 3.93. The minimum Gasteiger partial charge on any atom is -0.352 e. The number of benzene rings is 2. The summed E-state index contributed by atoms with van der Waals surface area (Å²) < 4.78 is 0. The number of rotatable bonds is 4. The van der Waals surface area contributed by atoms with Crippen molar-refractivity contribution < 1.29 is 4.79 Å². The predicted octanol–water partition coefficient (Wildman–Crippen LogP) is 2.81. The van der Waals surface area contributed by atoms with Gasteiger partial charge in [-0.15, -0.1) is 0 Å². The predicted molar refractivity (Wildman–Crippen MR) is 91.8 cm³/mol. The highest BCUT2D eigenvalue weighted by atomic mass is 16.1. The van der Waals surface area contributed by atoms with E-state index in [1.807, 2.05) is 42.5 Å². The van der Waals surface area contributed by atoms with Crippen LogP contribution in [0.5, 0.6) is 0 Å². The van der Waals surface area contributed by atoms with Crippen LogP contribution < -0.4 is 10.9 Å². The second-order valence-electron chi connectivity index (χ2n) is 5.58. The van der Waals surface area contributed by atoms with Crippen molar-refractivity contribution in [3.63, 3.8) is 0 Å². The first-order valence-corrected chi connectivity index (χ1v) is 7.59. The van der Waals surface area contributed by atoms with Crippen LogP contribution in [0.1, 0.15) is 21.5 Å². The molecule has 0 unspecified atom stereocenters. The van der Waals surface area contributed by atoms with E-state index in [1.54, 1.807) is 19.1 Å². The summed E-state index contributed by atoms with van der Waals surface area (Å²) in [6.07, 6.45) is 0.743. The van der Waals surface area contributed by atoms with Crippen LogP contribution in [0.4, 0.5) is 0 Å². The van der Waals surface area contributed by atoms with Gasteiger partial charge < -0.3 is 10.3 Å². The van der Waals surface area contributed by atoms with Crippen LogP contribution in [-0.4, -0.2) is 17.4 Å². The Hall–Kier alpha value is -2.88. The van der Waals surface area contributed by atoms with E-state index in [9.17, 15) is 9.59 Å². The standard InChI is InChI=1S/C19H18N2O2/c1-13-11-16-12-14(7-8-17(16)21-18(13)22)9-10-20-19(23)15-5-3-2-4-6-15/h2-8,11-12H,9-10H2,1H3,(H,20,23)(H,21,22). The molecule has 1 heterocycles. The molecule has 3 rings (SSSR count). The molecule has 1 aromatic heterocycles. The van der Waals surface area contributed by atoms with Crippen molar-refractivity contribution in [2.24, 2.45) is 0 Å². The number of hydrogen-bond acceptors (Lipinski definition) is 2. The molecule has 0 fully saturated rings. The zero-order valence-electron chi connectivity index (χ0n) is 12.9. The number of aromatic amines is 1. The van der Waals surface area contributed by atoms with E-state index in [1.165, 1.54) is 0 Å². The number of H-pyrrole nitrogens is 1. The molecule has 0 saturated heterocycles. The molecule has 0 aliphatic heterocycles. The number of hydrogen-bond donors (Lipinski definition) is 2. The van der Waals surface area contributed by atoms with E-state index in [0.717, 1.165) is 22.9 Å². The number of carbonyl (C=O) groups is 1. The van der Waals surface area contributed by atoms with Gasteiger partial charge in [0.05, 0.1) is 0 Å². The second kappa shape index (κ2) is 6.48. The monoisotopic (exact) mass is 306 g/mol. The van der Waals surface area contributed by atoms with Crippen molar-refractivity contribution >= 4 is 16.8 Å². The van der Waals surface area contributed by atoms with Gasteiger partial charge in [0.2, 0.25) is 0 Å². The Morgan fingerprint density at radius 3 is 2.65 bits per heavy atom. The number of aromatic nitrogens is 1. The molecule has 23 heavy (non-hydrogen) atoms. The molecule has 0 atom stereocenters. The summed E-state index contributed by atoms with van der Waals surface area (Å²) in [7, 11) is 0.